The number of nitrogens with zero attached hydrogens (tertiary/aromatic N) is 3. The van der Waals surface area contributed by atoms with Gasteiger partial charge in [0.2, 0.25) is 0 Å². The molecule has 0 saturated heterocycles. The first kappa shape index (κ1) is 9.93. The SMILES string of the molecule is Cc1nc2c(c(C#N)c(Br)n2C)c(=O)[nH]1. The van der Waals surface area contributed by atoms with E-state index in [1.807, 2.05) is 6.07 Å². The molecule has 1 N–H and O–H groups in total. The van der Waals surface area contributed by atoms with Gasteiger partial charge in [-0.25, -0.2) is 4.98 Å². The summed E-state index contributed by atoms with van der Waals surface area (Å²) < 4.78 is 2.25. The van der Waals surface area contributed by atoms with Crippen LogP contribution in [0.15, 0.2) is 9.40 Å². The maximum atomic E-state index is 11.7. The van der Waals surface area contributed by atoms with Crippen molar-refractivity contribution in [1.29, 1.82) is 5.26 Å². The smallest absolute Gasteiger partial charge is 0.261 e. The van der Waals surface area contributed by atoms with Gasteiger partial charge in [0.25, 0.3) is 5.56 Å². The molecule has 0 saturated carbocycles. The highest BCUT2D eigenvalue weighted by atomic mass is 79.9. The average Bonchev–Trinajstić information content (AvgIpc) is 2.42. The third-order valence-corrected chi connectivity index (χ3v) is 3.13. The Balaban J connectivity index is 3.13. The fraction of sp³-hybridized carbons (Fsp3) is 0.222. The molecule has 0 aliphatic rings. The molecule has 15 heavy (non-hydrogen) atoms. The second-order valence-electron chi connectivity index (χ2n) is 3.19. The minimum absolute atomic E-state index is 0.282. The summed E-state index contributed by atoms with van der Waals surface area (Å²) >= 11 is 3.26. The minimum atomic E-state index is -0.282. The van der Waals surface area contributed by atoms with Crippen LogP contribution in [0.4, 0.5) is 0 Å². The highest BCUT2D eigenvalue weighted by Crippen LogP contribution is 2.24. The third kappa shape index (κ3) is 1.27. The summed E-state index contributed by atoms with van der Waals surface area (Å²) in [7, 11) is 1.75. The quantitative estimate of drug-likeness (QED) is 0.779. The number of hydrogen-bond donors (Lipinski definition) is 1. The molecule has 2 aromatic heterocycles. The van der Waals surface area contributed by atoms with Crippen LogP contribution in [-0.4, -0.2) is 14.5 Å². The number of fused-ring (bicyclic) bond motifs is 1. The molecule has 0 spiro atoms. The summed E-state index contributed by atoms with van der Waals surface area (Å²) in [5.74, 6) is 0.532. The van der Waals surface area contributed by atoms with Gasteiger partial charge in [0, 0.05) is 7.05 Å². The molecule has 2 aromatic rings. The lowest BCUT2D eigenvalue weighted by Crippen LogP contribution is -2.10. The maximum Gasteiger partial charge on any atom is 0.261 e. The maximum absolute atomic E-state index is 11.7. The molecule has 0 unspecified atom stereocenters. The van der Waals surface area contributed by atoms with Crippen LogP contribution in [0.1, 0.15) is 11.4 Å². The van der Waals surface area contributed by atoms with Crippen LogP contribution >= 0.6 is 15.9 Å². The van der Waals surface area contributed by atoms with Crippen molar-refractivity contribution in [3.63, 3.8) is 0 Å². The number of nitrogens with one attached hydrogen (secondary N) is 1. The Morgan fingerprint density at radius 3 is 2.87 bits per heavy atom. The Morgan fingerprint density at radius 1 is 1.60 bits per heavy atom. The van der Waals surface area contributed by atoms with Crippen molar-refractivity contribution in [3.05, 3.63) is 26.3 Å². The van der Waals surface area contributed by atoms with Crippen LogP contribution in [0.25, 0.3) is 11.0 Å². The molecular formula is C9H7BrN4O. The average molecular weight is 267 g/mol. The van der Waals surface area contributed by atoms with Crippen LogP contribution in [0.3, 0.4) is 0 Å². The second-order valence-corrected chi connectivity index (χ2v) is 3.94. The lowest BCUT2D eigenvalue weighted by Gasteiger charge is -1.96. The van der Waals surface area contributed by atoms with Gasteiger partial charge >= 0.3 is 0 Å². The van der Waals surface area contributed by atoms with Crippen molar-refractivity contribution in [1.82, 2.24) is 14.5 Å². The van der Waals surface area contributed by atoms with Crippen molar-refractivity contribution >= 4 is 27.0 Å². The zero-order valence-corrected chi connectivity index (χ0v) is 9.71. The fourth-order valence-corrected chi connectivity index (χ4v) is 1.96. The monoisotopic (exact) mass is 266 g/mol. The highest BCUT2D eigenvalue weighted by molar-refractivity contribution is 9.10. The molecule has 76 valence electrons. The van der Waals surface area contributed by atoms with Crippen molar-refractivity contribution < 1.29 is 0 Å². The lowest BCUT2D eigenvalue weighted by atomic mass is 10.2. The molecule has 5 nitrogen and oxygen atoms in total. The minimum Gasteiger partial charge on any atom is -0.322 e. The number of aromatic nitrogens is 3. The van der Waals surface area contributed by atoms with Crippen LogP contribution in [0.5, 0.6) is 0 Å². The van der Waals surface area contributed by atoms with E-state index < -0.39 is 0 Å². The summed E-state index contributed by atoms with van der Waals surface area (Å²) in [6.45, 7) is 1.70. The van der Waals surface area contributed by atoms with E-state index in [9.17, 15) is 4.79 Å². The number of hydrogen-bond acceptors (Lipinski definition) is 3. The molecule has 2 heterocycles. The Labute approximate surface area is 93.5 Å². The van der Waals surface area contributed by atoms with Gasteiger partial charge in [0.15, 0.2) is 0 Å². The van der Waals surface area contributed by atoms with Gasteiger partial charge < -0.3 is 9.55 Å². The standard InChI is InChI=1S/C9H7BrN4O/c1-4-12-8-6(9(15)13-4)5(3-11)7(10)14(8)2/h1-2H3,(H,12,13,15). The summed E-state index contributed by atoms with van der Waals surface area (Å²) in [6, 6.07) is 1.99. The van der Waals surface area contributed by atoms with E-state index in [4.69, 9.17) is 5.26 Å². The van der Waals surface area contributed by atoms with E-state index in [1.54, 1.807) is 18.5 Å². The number of aromatic amines is 1. The molecule has 0 radical (unpaired) electrons. The predicted octanol–water partition coefficient (Wildman–Crippen LogP) is 1.20. The van der Waals surface area contributed by atoms with Gasteiger partial charge in [-0.15, -0.1) is 0 Å². The summed E-state index contributed by atoms with van der Waals surface area (Å²) in [5, 5.41) is 9.28. The zero-order chi connectivity index (χ0) is 11.2. The van der Waals surface area contributed by atoms with Crippen LogP contribution in [-0.2, 0) is 7.05 Å². The van der Waals surface area contributed by atoms with Crippen LogP contribution < -0.4 is 5.56 Å². The van der Waals surface area contributed by atoms with Crippen LogP contribution in [0.2, 0.25) is 0 Å². The normalized spacial score (nSPS) is 10.5. The van der Waals surface area contributed by atoms with Gasteiger partial charge in [-0.1, -0.05) is 0 Å². The third-order valence-electron chi connectivity index (χ3n) is 2.20. The second kappa shape index (κ2) is 3.21. The van der Waals surface area contributed by atoms with E-state index in [0.29, 0.717) is 27.0 Å². The predicted molar refractivity (Wildman–Crippen MR) is 58.5 cm³/mol. The van der Waals surface area contributed by atoms with E-state index in [1.165, 1.54) is 0 Å². The Bertz CT molecular complexity index is 647. The first-order valence-corrected chi connectivity index (χ1v) is 5.00. The molecule has 0 aliphatic heterocycles. The largest absolute Gasteiger partial charge is 0.322 e. The number of H-pyrrole nitrogens is 1. The highest BCUT2D eigenvalue weighted by Gasteiger charge is 2.17. The number of rotatable bonds is 0. The van der Waals surface area contributed by atoms with Gasteiger partial charge in [-0.05, 0) is 22.9 Å². The molecule has 0 aliphatic carbocycles. The topological polar surface area (TPSA) is 74.5 Å². The molecule has 6 heteroatoms. The Kier molecular flexibility index (Phi) is 2.12. The van der Waals surface area contributed by atoms with Crippen LogP contribution in [0, 0.1) is 18.3 Å². The van der Waals surface area contributed by atoms with Gasteiger partial charge in [0.1, 0.15) is 27.5 Å². The van der Waals surface area contributed by atoms with E-state index >= 15 is 0 Å². The summed E-state index contributed by atoms with van der Waals surface area (Å²) in [4.78, 5) is 18.4. The zero-order valence-electron chi connectivity index (χ0n) is 8.13. The molecule has 0 atom stereocenters. The van der Waals surface area contributed by atoms with Crippen molar-refractivity contribution in [2.24, 2.45) is 7.05 Å². The first-order valence-electron chi connectivity index (χ1n) is 4.21. The number of nitriles is 1. The molecule has 0 fully saturated rings. The molecular weight excluding hydrogens is 260 g/mol. The van der Waals surface area contributed by atoms with Crippen molar-refractivity contribution in [2.45, 2.75) is 6.92 Å². The molecule has 0 aromatic carbocycles. The number of aryl methyl sites for hydroxylation is 2. The van der Waals surface area contributed by atoms with E-state index in [-0.39, 0.29) is 5.56 Å². The molecule has 0 bridgehead atoms. The number of halogens is 1. The van der Waals surface area contributed by atoms with E-state index in [0.717, 1.165) is 0 Å². The molecule has 2 rings (SSSR count). The Hall–Kier alpha value is -1.61. The fourth-order valence-electron chi connectivity index (χ4n) is 1.50. The van der Waals surface area contributed by atoms with Crippen molar-refractivity contribution in [3.8, 4) is 6.07 Å². The van der Waals surface area contributed by atoms with Crippen molar-refractivity contribution in [2.75, 3.05) is 0 Å². The Morgan fingerprint density at radius 2 is 2.27 bits per heavy atom. The first-order chi connectivity index (χ1) is 7.06. The van der Waals surface area contributed by atoms with Gasteiger partial charge in [-0.3, -0.25) is 4.79 Å². The lowest BCUT2D eigenvalue weighted by molar-refractivity contribution is 0.905. The van der Waals surface area contributed by atoms with Gasteiger partial charge in [-0.2, -0.15) is 5.26 Å². The van der Waals surface area contributed by atoms with Gasteiger partial charge in [0.05, 0.1) is 5.56 Å². The summed E-state index contributed by atoms with van der Waals surface area (Å²) in [6.07, 6.45) is 0. The van der Waals surface area contributed by atoms with E-state index in [2.05, 4.69) is 25.9 Å². The molecule has 0 amide bonds. The summed E-state index contributed by atoms with van der Waals surface area (Å²) in [5.41, 5.74) is 0.552.